The molecule has 0 aliphatic rings. The first-order chi connectivity index (χ1) is 7.66. The van der Waals surface area contributed by atoms with Gasteiger partial charge in [-0.05, 0) is 42.5 Å². The Hall–Kier alpha value is -0.820. The van der Waals surface area contributed by atoms with Crippen LogP contribution in [0.2, 0.25) is 0 Å². The van der Waals surface area contributed by atoms with Crippen LogP contribution >= 0.6 is 11.6 Å². The number of carbonyl (C=O) groups is 1. The van der Waals surface area contributed by atoms with E-state index in [9.17, 15) is 4.79 Å². The van der Waals surface area contributed by atoms with E-state index in [2.05, 4.69) is 6.92 Å². The summed E-state index contributed by atoms with van der Waals surface area (Å²) in [4.78, 5) is 11.3. The van der Waals surface area contributed by atoms with Crippen molar-refractivity contribution < 1.29 is 4.79 Å². The van der Waals surface area contributed by atoms with E-state index >= 15 is 0 Å². The highest BCUT2D eigenvalue weighted by Gasteiger charge is 2.11. The van der Waals surface area contributed by atoms with Crippen molar-refractivity contribution in [1.82, 2.24) is 0 Å². The summed E-state index contributed by atoms with van der Waals surface area (Å²) in [6.45, 7) is 4.13. The monoisotopic (exact) mass is 238 g/mol. The molecule has 0 heterocycles. The minimum atomic E-state index is -0.330. The molecular weight excluding hydrogens is 220 g/mol. The van der Waals surface area contributed by atoms with Gasteiger partial charge < -0.3 is 0 Å². The van der Waals surface area contributed by atoms with Crippen LogP contribution in [0.25, 0.3) is 0 Å². The molecule has 2 heteroatoms. The second-order valence-corrected chi connectivity index (χ2v) is 4.54. The normalized spacial score (nSPS) is 10.4. The first-order valence-electron chi connectivity index (χ1n) is 5.95. The third-order valence-corrected chi connectivity index (χ3v) is 3.04. The van der Waals surface area contributed by atoms with E-state index in [1.165, 1.54) is 19.3 Å². The van der Waals surface area contributed by atoms with Gasteiger partial charge in [-0.15, -0.1) is 0 Å². The molecule has 0 spiro atoms. The molecule has 0 saturated carbocycles. The zero-order valence-corrected chi connectivity index (χ0v) is 10.8. The van der Waals surface area contributed by atoms with Gasteiger partial charge in [0.1, 0.15) is 0 Å². The summed E-state index contributed by atoms with van der Waals surface area (Å²) in [5, 5.41) is -0.330. The van der Waals surface area contributed by atoms with Gasteiger partial charge in [-0.1, -0.05) is 44.4 Å². The molecule has 1 nitrogen and oxygen atoms in total. The highest BCUT2D eigenvalue weighted by Crippen LogP contribution is 2.19. The van der Waals surface area contributed by atoms with Crippen molar-refractivity contribution in [3.8, 4) is 0 Å². The molecule has 0 aromatic heterocycles. The van der Waals surface area contributed by atoms with Crippen molar-refractivity contribution >= 4 is 16.8 Å². The van der Waals surface area contributed by atoms with Crippen molar-refractivity contribution in [3.63, 3.8) is 0 Å². The molecule has 1 rings (SSSR count). The Morgan fingerprint density at radius 1 is 1.25 bits per heavy atom. The van der Waals surface area contributed by atoms with E-state index in [4.69, 9.17) is 11.6 Å². The number of aryl methyl sites for hydroxylation is 2. The number of rotatable bonds is 6. The van der Waals surface area contributed by atoms with Crippen LogP contribution in [-0.4, -0.2) is 5.24 Å². The van der Waals surface area contributed by atoms with Gasteiger partial charge >= 0.3 is 0 Å². The quantitative estimate of drug-likeness (QED) is 0.527. The minimum absolute atomic E-state index is 0.330. The van der Waals surface area contributed by atoms with Crippen LogP contribution in [0.15, 0.2) is 18.2 Å². The van der Waals surface area contributed by atoms with E-state index in [1.54, 1.807) is 0 Å². The number of benzene rings is 1. The number of halogens is 1. The summed E-state index contributed by atoms with van der Waals surface area (Å²) in [6, 6.07) is 5.94. The van der Waals surface area contributed by atoms with E-state index in [1.807, 2.05) is 25.1 Å². The van der Waals surface area contributed by atoms with Crippen LogP contribution < -0.4 is 0 Å². The molecule has 0 aliphatic heterocycles. The average Bonchev–Trinajstić information content (AvgIpc) is 2.24. The van der Waals surface area contributed by atoms with Gasteiger partial charge in [-0.3, -0.25) is 4.79 Å². The minimum Gasteiger partial charge on any atom is -0.276 e. The number of hydrogen-bond acceptors (Lipinski definition) is 1. The molecule has 0 atom stereocenters. The predicted molar refractivity (Wildman–Crippen MR) is 69.2 cm³/mol. The maximum absolute atomic E-state index is 11.3. The zero-order chi connectivity index (χ0) is 12.0. The Kier molecular flexibility index (Phi) is 5.54. The fourth-order valence-electron chi connectivity index (χ4n) is 1.96. The number of carbonyl (C=O) groups excluding carboxylic acids is 1. The molecule has 0 saturated heterocycles. The highest BCUT2D eigenvalue weighted by atomic mass is 35.5. The fraction of sp³-hybridized carbons (Fsp3) is 0.500. The van der Waals surface area contributed by atoms with Crippen molar-refractivity contribution in [2.24, 2.45) is 0 Å². The molecule has 0 fully saturated rings. The van der Waals surface area contributed by atoms with E-state index in [0.717, 1.165) is 24.0 Å². The van der Waals surface area contributed by atoms with Gasteiger partial charge in [0.05, 0.1) is 0 Å². The van der Waals surface area contributed by atoms with Crippen molar-refractivity contribution in [2.45, 2.75) is 46.0 Å². The molecular formula is C14H19ClO. The predicted octanol–water partition coefficient (Wildman–Crippen LogP) is 4.50. The first kappa shape index (κ1) is 13.2. The van der Waals surface area contributed by atoms with E-state index in [-0.39, 0.29) is 5.24 Å². The van der Waals surface area contributed by atoms with Crippen molar-refractivity contribution in [2.75, 3.05) is 0 Å². The molecule has 0 bridgehead atoms. The second kappa shape index (κ2) is 6.70. The third-order valence-electron chi connectivity index (χ3n) is 2.86. The van der Waals surface area contributed by atoms with Crippen LogP contribution in [-0.2, 0) is 6.42 Å². The van der Waals surface area contributed by atoms with Crippen LogP contribution in [0.4, 0.5) is 0 Å². The van der Waals surface area contributed by atoms with E-state index < -0.39 is 0 Å². The summed E-state index contributed by atoms with van der Waals surface area (Å²) < 4.78 is 0. The van der Waals surface area contributed by atoms with Gasteiger partial charge in [0.25, 0.3) is 5.24 Å². The van der Waals surface area contributed by atoms with Crippen molar-refractivity contribution in [1.29, 1.82) is 0 Å². The third kappa shape index (κ3) is 3.64. The summed E-state index contributed by atoms with van der Waals surface area (Å²) >= 11 is 5.61. The Morgan fingerprint density at radius 3 is 2.62 bits per heavy atom. The van der Waals surface area contributed by atoms with Crippen molar-refractivity contribution in [3.05, 3.63) is 34.9 Å². The van der Waals surface area contributed by atoms with Crippen LogP contribution in [0.3, 0.4) is 0 Å². The lowest BCUT2D eigenvalue weighted by Gasteiger charge is -2.08. The highest BCUT2D eigenvalue weighted by molar-refractivity contribution is 6.68. The number of unbranched alkanes of at least 4 members (excludes halogenated alkanes) is 3. The summed E-state index contributed by atoms with van der Waals surface area (Å²) in [5.74, 6) is 0. The SMILES string of the molecule is CCCCCCc1cccc(C)c1C(=O)Cl. The van der Waals surface area contributed by atoms with Gasteiger partial charge in [0, 0.05) is 5.56 Å². The fourth-order valence-corrected chi connectivity index (χ4v) is 2.23. The Labute approximate surface area is 103 Å². The zero-order valence-electron chi connectivity index (χ0n) is 10.1. The lowest BCUT2D eigenvalue weighted by atomic mass is 9.98. The average molecular weight is 239 g/mol. The van der Waals surface area contributed by atoms with E-state index in [0.29, 0.717) is 5.56 Å². The lowest BCUT2D eigenvalue weighted by molar-refractivity contribution is 0.108. The van der Waals surface area contributed by atoms with Gasteiger partial charge in [0.2, 0.25) is 0 Å². The Bertz CT molecular complexity index is 358. The Morgan fingerprint density at radius 2 is 2.00 bits per heavy atom. The standard InChI is InChI=1S/C14H19ClO/c1-3-4-5-6-9-12-10-7-8-11(2)13(12)14(15)16/h7-8,10H,3-6,9H2,1-2H3. The van der Waals surface area contributed by atoms with Gasteiger partial charge in [0.15, 0.2) is 0 Å². The first-order valence-corrected chi connectivity index (χ1v) is 6.33. The van der Waals surface area contributed by atoms with Crippen LogP contribution in [0.5, 0.6) is 0 Å². The van der Waals surface area contributed by atoms with Crippen LogP contribution in [0.1, 0.15) is 54.1 Å². The topological polar surface area (TPSA) is 17.1 Å². The summed E-state index contributed by atoms with van der Waals surface area (Å²) in [5.41, 5.74) is 2.78. The number of hydrogen-bond donors (Lipinski definition) is 0. The summed E-state index contributed by atoms with van der Waals surface area (Å²) in [7, 11) is 0. The molecule has 16 heavy (non-hydrogen) atoms. The smallest absolute Gasteiger partial charge is 0.252 e. The van der Waals surface area contributed by atoms with Crippen LogP contribution in [0, 0.1) is 6.92 Å². The molecule has 0 amide bonds. The summed E-state index contributed by atoms with van der Waals surface area (Å²) in [6.07, 6.45) is 5.80. The molecule has 0 aliphatic carbocycles. The molecule has 0 unspecified atom stereocenters. The lowest BCUT2D eigenvalue weighted by Crippen LogP contribution is -2.01. The molecule has 0 N–H and O–H groups in total. The molecule has 1 aromatic rings. The molecule has 1 aromatic carbocycles. The Balaban J connectivity index is 2.71. The molecule has 0 radical (unpaired) electrons. The molecule has 88 valence electrons. The maximum Gasteiger partial charge on any atom is 0.252 e. The van der Waals surface area contributed by atoms with Gasteiger partial charge in [-0.2, -0.15) is 0 Å². The maximum atomic E-state index is 11.3. The second-order valence-electron chi connectivity index (χ2n) is 4.19. The van der Waals surface area contributed by atoms with Gasteiger partial charge in [-0.25, -0.2) is 0 Å². The largest absolute Gasteiger partial charge is 0.276 e.